The number of hydrogen-bond acceptors (Lipinski definition) is 5. The summed E-state index contributed by atoms with van der Waals surface area (Å²) in [5, 5.41) is 22.4. The summed E-state index contributed by atoms with van der Waals surface area (Å²) in [5.41, 5.74) is 1.03. The Morgan fingerprint density at radius 3 is 2.74 bits per heavy atom. The molecule has 1 aromatic carbocycles. The molecule has 2 rings (SSSR count). The summed E-state index contributed by atoms with van der Waals surface area (Å²) >= 11 is 0. The van der Waals surface area contributed by atoms with E-state index in [1.54, 1.807) is 11.8 Å². The Balaban J connectivity index is 0.00000264. The van der Waals surface area contributed by atoms with Gasteiger partial charge < -0.3 is 10.4 Å². The van der Waals surface area contributed by atoms with E-state index in [2.05, 4.69) is 5.32 Å². The number of hydrogen-bond donors (Lipinski definition) is 2. The van der Waals surface area contributed by atoms with Crippen LogP contribution < -0.4 is 5.32 Å². The highest BCUT2D eigenvalue weighted by Gasteiger charge is 2.31. The van der Waals surface area contributed by atoms with Crippen LogP contribution in [0.5, 0.6) is 0 Å². The lowest BCUT2D eigenvalue weighted by atomic mass is 10.2. The summed E-state index contributed by atoms with van der Waals surface area (Å²) in [7, 11) is 0. The van der Waals surface area contributed by atoms with Crippen molar-refractivity contribution in [1.29, 1.82) is 0 Å². The summed E-state index contributed by atoms with van der Waals surface area (Å²) in [6.07, 6.45) is 1.29. The van der Waals surface area contributed by atoms with Gasteiger partial charge in [0.05, 0.1) is 11.5 Å². The molecular formula is C14H18ClN3O5. The molecule has 1 heterocycles. The highest BCUT2D eigenvalue weighted by molar-refractivity contribution is 5.93. The molecule has 0 aromatic heterocycles. The molecule has 1 aromatic rings. The molecule has 2 N–H and O–H groups in total. The zero-order chi connectivity index (χ0) is 16.3. The topological polar surface area (TPSA) is 113 Å². The molecule has 8 nitrogen and oxygen atoms in total. The van der Waals surface area contributed by atoms with Gasteiger partial charge in [0, 0.05) is 17.8 Å². The van der Waals surface area contributed by atoms with Crippen molar-refractivity contribution in [2.75, 3.05) is 18.4 Å². The lowest BCUT2D eigenvalue weighted by Crippen LogP contribution is -2.40. The molecule has 9 heteroatoms. The second kappa shape index (κ2) is 7.89. The minimum atomic E-state index is -0.920. The number of anilines is 1. The van der Waals surface area contributed by atoms with E-state index in [-0.39, 0.29) is 30.5 Å². The number of aryl methyl sites for hydroxylation is 1. The van der Waals surface area contributed by atoms with Gasteiger partial charge in [-0.1, -0.05) is 0 Å². The van der Waals surface area contributed by atoms with Crippen molar-refractivity contribution < 1.29 is 19.6 Å². The number of aliphatic carboxylic acids is 1. The van der Waals surface area contributed by atoms with E-state index in [0.717, 1.165) is 6.42 Å². The van der Waals surface area contributed by atoms with E-state index in [4.69, 9.17) is 5.11 Å². The molecule has 0 spiro atoms. The number of likely N-dealkylation sites (tertiary alicyclic amines) is 1. The Morgan fingerprint density at radius 1 is 1.48 bits per heavy atom. The number of nitrogens with zero attached hydrogens (tertiary/aromatic N) is 2. The molecule has 0 aliphatic carbocycles. The molecule has 1 saturated heterocycles. The second-order valence-electron chi connectivity index (χ2n) is 5.27. The van der Waals surface area contributed by atoms with Gasteiger partial charge in [-0.2, -0.15) is 0 Å². The van der Waals surface area contributed by atoms with Crippen LogP contribution >= 0.6 is 12.4 Å². The zero-order valence-corrected chi connectivity index (χ0v) is 13.3. The third-order valence-electron chi connectivity index (χ3n) is 3.69. The average molecular weight is 344 g/mol. The Kier molecular flexibility index (Phi) is 6.47. The van der Waals surface area contributed by atoms with Gasteiger partial charge in [-0.15, -0.1) is 12.4 Å². The van der Waals surface area contributed by atoms with Crippen molar-refractivity contribution in [2.45, 2.75) is 25.8 Å². The number of carboxylic acid groups (broad SMARTS) is 1. The number of carbonyl (C=O) groups is 2. The van der Waals surface area contributed by atoms with E-state index in [1.807, 2.05) is 0 Å². The molecule has 1 fully saturated rings. The Bertz CT molecular complexity index is 622. The van der Waals surface area contributed by atoms with Crippen LogP contribution in [0.15, 0.2) is 18.2 Å². The molecule has 0 radical (unpaired) electrons. The molecule has 126 valence electrons. The van der Waals surface area contributed by atoms with Crippen LogP contribution in [0.1, 0.15) is 18.4 Å². The van der Waals surface area contributed by atoms with Crippen molar-refractivity contribution in [1.82, 2.24) is 4.90 Å². The van der Waals surface area contributed by atoms with Crippen LogP contribution in [-0.4, -0.2) is 45.9 Å². The number of carboxylic acids is 1. The fourth-order valence-corrected chi connectivity index (χ4v) is 2.57. The van der Waals surface area contributed by atoms with E-state index in [0.29, 0.717) is 24.2 Å². The summed E-state index contributed by atoms with van der Waals surface area (Å²) < 4.78 is 0. The fraction of sp³-hybridized carbons (Fsp3) is 0.429. The predicted octanol–water partition coefficient (Wildman–Crippen LogP) is 1.81. The minimum Gasteiger partial charge on any atom is -0.480 e. The van der Waals surface area contributed by atoms with Crippen molar-refractivity contribution in [3.63, 3.8) is 0 Å². The first-order valence-electron chi connectivity index (χ1n) is 6.90. The van der Waals surface area contributed by atoms with Gasteiger partial charge in [-0.25, -0.2) is 0 Å². The number of nitrogens with one attached hydrogen (secondary N) is 1. The highest BCUT2D eigenvalue weighted by atomic mass is 35.5. The minimum absolute atomic E-state index is 0. The number of rotatable bonds is 5. The largest absolute Gasteiger partial charge is 0.480 e. The van der Waals surface area contributed by atoms with Gasteiger partial charge in [-0.05, 0) is 37.9 Å². The molecular weight excluding hydrogens is 326 g/mol. The number of nitro benzene ring substituents is 1. The van der Waals surface area contributed by atoms with Crippen molar-refractivity contribution in [3.8, 4) is 0 Å². The van der Waals surface area contributed by atoms with Crippen LogP contribution in [0.4, 0.5) is 11.4 Å². The maximum Gasteiger partial charge on any atom is 0.320 e. The summed E-state index contributed by atoms with van der Waals surface area (Å²) in [6, 6.07) is 3.55. The number of nitro groups is 1. The molecule has 23 heavy (non-hydrogen) atoms. The standard InChI is InChI=1S/C14H17N3O5.ClH/c1-9-7-10(17(21)22)4-5-11(9)15-13(18)8-16-6-2-3-12(16)14(19)20;/h4-5,7,12H,2-3,6,8H2,1H3,(H,15,18)(H,19,20);1H. The first-order chi connectivity index (χ1) is 10.4. The van der Waals surface area contributed by atoms with E-state index >= 15 is 0 Å². The van der Waals surface area contributed by atoms with Crippen LogP contribution in [0.25, 0.3) is 0 Å². The van der Waals surface area contributed by atoms with Gasteiger partial charge in [0.2, 0.25) is 5.91 Å². The molecule has 1 amide bonds. The van der Waals surface area contributed by atoms with Gasteiger partial charge in [0.1, 0.15) is 6.04 Å². The van der Waals surface area contributed by atoms with Crippen molar-refractivity contribution in [3.05, 3.63) is 33.9 Å². The first kappa shape index (κ1) is 18.9. The Hall–Kier alpha value is -2.19. The summed E-state index contributed by atoms with van der Waals surface area (Å²) in [6.45, 7) is 2.23. The van der Waals surface area contributed by atoms with Crippen molar-refractivity contribution in [2.24, 2.45) is 0 Å². The average Bonchev–Trinajstić information content (AvgIpc) is 2.89. The molecule has 0 saturated carbocycles. The zero-order valence-electron chi connectivity index (χ0n) is 12.5. The van der Waals surface area contributed by atoms with Gasteiger partial charge in [0.15, 0.2) is 0 Å². The van der Waals surface area contributed by atoms with Crippen LogP contribution in [0, 0.1) is 17.0 Å². The third kappa shape index (κ3) is 4.64. The molecule has 1 atom stereocenters. The third-order valence-corrected chi connectivity index (χ3v) is 3.69. The van der Waals surface area contributed by atoms with Crippen LogP contribution in [-0.2, 0) is 9.59 Å². The summed E-state index contributed by atoms with van der Waals surface area (Å²) in [4.78, 5) is 34.9. The fourth-order valence-electron chi connectivity index (χ4n) is 2.57. The predicted molar refractivity (Wildman–Crippen MR) is 85.9 cm³/mol. The smallest absolute Gasteiger partial charge is 0.320 e. The monoisotopic (exact) mass is 343 g/mol. The highest BCUT2D eigenvalue weighted by Crippen LogP contribution is 2.22. The first-order valence-corrected chi connectivity index (χ1v) is 6.90. The Morgan fingerprint density at radius 2 is 2.17 bits per heavy atom. The van der Waals surface area contributed by atoms with Crippen molar-refractivity contribution >= 4 is 35.7 Å². The van der Waals surface area contributed by atoms with Gasteiger partial charge in [-0.3, -0.25) is 24.6 Å². The van der Waals surface area contributed by atoms with Crippen LogP contribution in [0.3, 0.4) is 0 Å². The van der Waals surface area contributed by atoms with Crippen LogP contribution in [0.2, 0.25) is 0 Å². The van der Waals surface area contributed by atoms with E-state index < -0.39 is 16.9 Å². The Labute approximate surface area is 139 Å². The number of carbonyl (C=O) groups excluding carboxylic acids is 1. The number of benzene rings is 1. The maximum absolute atomic E-state index is 12.0. The number of halogens is 1. The molecule has 1 aliphatic heterocycles. The SMILES string of the molecule is Cc1cc([N+](=O)[O-])ccc1NC(=O)CN1CCCC1C(=O)O.Cl. The van der Waals surface area contributed by atoms with Gasteiger partial charge >= 0.3 is 5.97 Å². The van der Waals surface area contributed by atoms with E-state index in [1.165, 1.54) is 18.2 Å². The summed E-state index contributed by atoms with van der Waals surface area (Å²) in [5.74, 6) is -1.25. The van der Waals surface area contributed by atoms with E-state index in [9.17, 15) is 19.7 Å². The lowest BCUT2D eigenvalue weighted by molar-refractivity contribution is -0.384. The molecule has 0 bridgehead atoms. The number of non-ortho nitro benzene ring substituents is 1. The molecule has 1 aliphatic rings. The molecule has 1 unspecified atom stereocenters. The maximum atomic E-state index is 12.0. The quantitative estimate of drug-likeness (QED) is 0.622. The second-order valence-corrected chi connectivity index (χ2v) is 5.27. The lowest BCUT2D eigenvalue weighted by Gasteiger charge is -2.20. The van der Waals surface area contributed by atoms with Gasteiger partial charge in [0.25, 0.3) is 5.69 Å². The normalized spacial score (nSPS) is 17.3. The number of amides is 1.